The normalized spacial score (nSPS) is 11.6. The number of rotatable bonds is 6. The van der Waals surface area contributed by atoms with Crippen molar-refractivity contribution in [1.29, 1.82) is 0 Å². The van der Waals surface area contributed by atoms with Crippen LogP contribution < -0.4 is 0 Å². The van der Waals surface area contributed by atoms with Crippen LogP contribution in [0.4, 0.5) is 4.39 Å². The van der Waals surface area contributed by atoms with Crippen molar-refractivity contribution in [1.82, 2.24) is 0 Å². The van der Waals surface area contributed by atoms with Crippen LogP contribution in [0.2, 0.25) is 0 Å². The monoisotopic (exact) mass is 158 g/mol. The first-order chi connectivity index (χ1) is 5.31. The second-order valence-electron chi connectivity index (χ2n) is 2.56. The Labute approximate surface area is 67.3 Å². The van der Waals surface area contributed by atoms with Crippen molar-refractivity contribution in [2.75, 3.05) is 0 Å². The van der Waals surface area contributed by atoms with E-state index in [1.807, 2.05) is 0 Å². The maximum atomic E-state index is 12.5. The van der Waals surface area contributed by atoms with Gasteiger partial charge in [-0.3, -0.25) is 4.79 Å². The number of unbranched alkanes of at least 4 members (excludes halogenated alkanes) is 3. The van der Waals surface area contributed by atoms with Crippen LogP contribution in [0.3, 0.4) is 0 Å². The number of allylic oxidation sites excluding steroid dienone is 2. The third-order valence-electron chi connectivity index (χ3n) is 1.52. The highest BCUT2D eigenvalue weighted by Crippen LogP contribution is 2.09. The number of carbonyl (C=O) groups is 1. The Morgan fingerprint density at radius 2 is 2.09 bits per heavy atom. The molecule has 0 aromatic rings. The van der Waals surface area contributed by atoms with Gasteiger partial charge in [0, 0.05) is 6.08 Å². The van der Waals surface area contributed by atoms with Crippen LogP contribution >= 0.6 is 0 Å². The SMILES string of the molecule is CCCCCC/C(F)=C/C=O. The summed E-state index contributed by atoms with van der Waals surface area (Å²) in [5.41, 5.74) is 0. The lowest BCUT2D eigenvalue weighted by atomic mass is 10.1. The van der Waals surface area contributed by atoms with E-state index >= 15 is 0 Å². The Morgan fingerprint density at radius 1 is 1.36 bits per heavy atom. The molecular weight excluding hydrogens is 143 g/mol. The van der Waals surface area contributed by atoms with Crippen LogP contribution in [-0.2, 0) is 4.79 Å². The summed E-state index contributed by atoms with van der Waals surface area (Å²) in [6, 6.07) is 0. The lowest BCUT2D eigenvalue weighted by molar-refractivity contribution is -0.104. The first-order valence-corrected chi connectivity index (χ1v) is 4.11. The minimum Gasteiger partial charge on any atom is -0.298 e. The molecule has 2 heteroatoms. The third-order valence-corrected chi connectivity index (χ3v) is 1.52. The number of hydrogen-bond donors (Lipinski definition) is 0. The van der Waals surface area contributed by atoms with Crippen molar-refractivity contribution in [3.05, 3.63) is 11.9 Å². The van der Waals surface area contributed by atoms with Gasteiger partial charge in [-0.15, -0.1) is 0 Å². The quantitative estimate of drug-likeness (QED) is 0.330. The highest BCUT2D eigenvalue weighted by molar-refractivity contribution is 5.65. The van der Waals surface area contributed by atoms with Crippen LogP contribution in [0.5, 0.6) is 0 Å². The Hall–Kier alpha value is -0.660. The van der Waals surface area contributed by atoms with Crippen molar-refractivity contribution in [2.45, 2.75) is 39.0 Å². The Kier molecular flexibility index (Phi) is 7.00. The first kappa shape index (κ1) is 10.3. The maximum Gasteiger partial charge on any atom is 0.145 e. The molecule has 0 saturated heterocycles. The molecular formula is C9H15FO. The summed E-state index contributed by atoms with van der Waals surface area (Å²) < 4.78 is 12.5. The summed E-state index contributed by atoms with van der Waals surface area (Å²) >= 11 is 0. The van der Waals surface area contributed by atoms with Gasteiger partial charge in [0.2, 0.25) is 0 Å². The molecule has 0 aromatic carbocycles. The van der Waals surface area contributed by atoms with E-state index in [1.165, 1.54) is 0 Å². The largest absolute Gasteiger partial charge is 0.298 e. The molecule has 0 bridgehead atoms. The molecule has 0 rings (SSSR count). The molecule has 0 N–H and O–H groups in total. The number of aldehydes is 1. The zero-order chi connectivity index (χ0) is 8.53. The van der Waals surface area contributed by atoms with E-state index in [-0.39, 0.29) is 5.83 Å². The summed E-state index contributed by atoms with van der Waals surface area (Å²) in [7, 11) is 0. The minimum atomic E-state index is -0.295. The molecule has 1 nitrogen and oxygen atoms in total. The van der Waals surface area contributed by atoms with E-state index in [1.54, 1.807) is 0 Å². The van der Waals surface area contributed by atoms with Crippen LogP contribution in [0.15, 0.2) is 11.9 Å². The molecule has 11 heavy (non-hydrogen) atoms. The summed E-state index contributed by atoms with van der Waals surface area (Å²) in [5, 5.41) is 0. The van der Waals surface area contributed by atoms with Crippen LogP contribution in [0, 0.1) is 0 Å². The maximum absolute atomic E-state index is 12.5. The molecule has 64 valence electrons. The molecule has 0 unspecified atom stereocenters. The predicted octanol–water partition coefficient (Wildman–Crippen LogP) is 3.01. The summed E-state index contributed by atoms with van der Waals surface area (Å²) in [6.45, 7) is 2.11. The van der Waals surface area contributed by atoms with E-state index in [4.69, 9.17) is 0 Å². The molecule has 0 heterocycles. The van der Waals surface area contributed by atoms with E-state index in [0.29, 0.717) is 12.7 Å². The average molecular weight is 158 g/mol. The smallest absolute Gasteiger partial charge is 0.145 e. The van der Waals surface area contributed by atoms with Crippen LogP contribution in [-0.4, -0.2) is 6.29 Å². The van der Waals surface area contributed by atoms with Crippen molar-refractivity contribution < 1.29 is 9.18 Å². The van der Waals surface area contributed by atoms with Crippen molar-refractivity contribution >= 4 is 6.29 Å². The molecule has 0 atom stereocenters. The van der Waals surface area contributed by atoms with Gasteiger partial charge in [-0.1, -0.05) is 26.2 Å². The van der Waals surface area contributed by atoms with E-state index < -0.39 is 0 Å². The standard InChI is InChI=1S/C9H15FO/c1-2-3-4-5-6-9(10)7-8-11/h7-8H,2-6H2,1H3/b9-7-. The Balaban J connectivity index is 3.23. The first-order valence-electron chi connectivity index (χ1n) is 4.11. The molecule has 0 aliphatic carbocycles. The van der Waals surface area contributed by atoms with Gasteiger partial charge in [0.05, 0.1) is 0 Å². The van der Waals surface area contributed by atoms with Gasteiger partial charge in [-0.2, -0.15) is 0 Å². The second-order valence-corrected chi connectivity index (χ2v) is 2.56. The Bertz CT molecular complexity index is 130. The molecule has 0 amide bonds. The lowest BCUT2D eigenvalue weighted by Crippen LogP contribution is -1.79. The average Bonchev–Trinajstić information content (AvgIpc) is 1.99. The number of carbonyl (C=O) groups excluding carboxylic acids is 1. The predicted molar refractivity (Wildman–Crippen MR) is 44.0 cm³/mol. The minimum absolute atomic E-state index is 0.295. The fourth-order valence-electron chi connectivity index (χ4n) is 0.878. The molecule has 0 aliphatic heterocycles. The van der Waals surface area contributed by atoms with Gasteiger partial charge >= 0.3 is 0 Å². The molecule has 0 aromatic heterocycles. The third kappa shape index (κ3) is 7.23. The lowest BCUT2D eigenvalue weighted by Gasteiger charge is -1.95. The van der Waals surface area contributed by atoms with Gasteiger partial charge < -0.3 is 0 Å². The van der Waals surface area contributed by atoms with Gasteiger partial charge in [0.15, 0.2) is 0 Å². The summed E-state index contributed by atoms with van der Waals surface area (Å²) in [6.07, 6.45) is 6.11. The molecule has 0 saturated carbocycles. The van der Waals surface area contributed by atoms with Crippen molar-refractivity contribution in [3.8, 4) is 0 Å². The van der Waals surface area contributed by atoms with E-state index in [0.717, 1.165) is 31.8 Å². The second kappa shape index (κ2) is 7.45. The molecule has 0 aliphatic rings. The zero-order valence-electron chi connectivity index (χ0n) is 6.98. The molecule has 0 radical (unpaired) electrons. The van der Waals surface area contributed by atoms with Crippen molar-refractivity contribution in [2.24, 2.45) is 0 Å². The van der Waals surface area contributed by atoms with Gasteiger partial charge in [0.25, 0.3) is 0 Å². The van der Waals surface area contributed by atoms with Gasteiger partial charge in [-0.05, 0) is 12.8 Å². The van der Waals surface area contributed by atoms with Crippen molar-refractivity contribution in [3.63, 3.8) is 0 Å². The highest BCUT2D eigenvalue weighted by atomic mass is 19.1. The highest BCUT2D eigenvalue weighted by Gasteiger charge is 1.93. The summed E-state index contributed by atoms with van der Waals surface area (Å²) in [4.78, 5) is 9.79. The number of halogens is 1. The van der Waals surface area contributed by atoms with Gasteiger partial charge in [-0.25, -0.2) is 4.39 Å². The van der Waals surface area contributed by atoms with Crippen LogP contribution in [0.25, 0.3) is 0 Å². The molecule has 0 fully saturated rings. The fourth-order valence-corrected chi connectivity index (χ4v) is 0.878. The fraction of sp³-hybridized carbons (Fsp3) is 0.667. The number of hydrogen-bond acceptors (Lipinski definition) is 1. The topological polar surface area (TPSA) is 17.1 Å². The van der Waals surface area contributed by atoms with E-state index in [2.05, 4.69) is 6.92 Å². The van der Waals surface area contributed by atoms with Gasteiger partial charge in [0.1, 0.15) is 12.1 Å². The van der Waals surface area contributed by atoms with E-state index in [9.17, 15) is 9.18 Å². The zero-order valence-corrected chi connectivity index (χ0v) is 6.98. The van der Waals surface area contributed by atoms with Crippen LogP contribution in [0.1, 0.15) is 39.0 Å². The Morgan fingerprint density at radius 3 is 2.64 bits per heavy atom. The summed E-state index contributed by atoms with van der Waals surface area (Å²) in [5.74, 6) is -0.295. The molecule has 0 spiro atoms.